The van der Waals surface area contributed by atoms with Gasteiger partial charge in [-0.15, -0.1) is 0 Å². The van der Waals surface area contributed by atoms with Gasteiger partial charge in [-0.2, -0.15) is 5.10 Å². The molecule has 7 rings (SSSR count). The Bertz CT molecular complexity index is 2000. The summed E-state index contributed by atoms with van der Waals surface area (Å²) in [6, 6.07) is 17.0. The SMILES string of the molecule is CC(=O)C1(C(=O)Nc2ccc3[nH]nc(-c4ccc(F)cc4)c3c2)CCN(CC(=O)N2CCN(c3ccc(-c4ncccn4)cn3)C[C@H]2C)C1. The average molecular weight is 662 g/mol. The average Bonchev–Trinajstić information content (AvgIpc) is 3.74. The first-order valence-electron chi connectivity index (χ1n) is 16.3. The van der Waals surface area contributed by atoms with Crippen molar-refractivity contribution >= 4 is 40.0 Å². The van der Waals surface area contributed by atoms with Crippen molar-refractivity contribution in [2.45, 2.75) is 26.3 Å². The summed E-state index contributed by atoms with van der Waals surface area (Å²) in [4.78, 5) is 59.5. The Labute approximate surface area is 282 Å². The number of amides is 2. The molecule has 12 nitrogen and oxygen atoms in total. The Morgan fingerprint density at radius 1 is 0.980 bits per heavy atom. The number of likely N-dealkylation sites (tertiary alicyclic amines) is 1. The van der Waals surface area contributed by atoms with Crippen LogP contribution in [0.2, 0.25) is 0 Å². The highest BCUT2D eigenvalue weighted by Gasteiger charge is 2.49. The quantitative estimate of drug-likeness (QED) is 0.235. The second-order valence-corrected chi connectivity index (χ2v) is 12.8. The Kier molecular flexibility index (Phi) is 8.59. The maximum atomic E-state index is 13.8. The van der Waals surface area contributed by atoms with Crippen LogP contribution in [-0.2, 0) is 14.4 Å². The van der Waals surface area contributed by atoms with Gasteiger partial charge >= 0.3 is 0 Å². The highest BCUT2D eigenvalue weighted by Crippen LogP contribution is 2.35. The molecule has 2 N–H and O–H groups in total. The molecule has 13 heteroatoms. The van der Waals surface area contributed by atoms with Crippen molar-refractivity contribution in [2.75, 3.05) is 49.5 Å². The van der Waals surface area contributed by atoms with Gasteiger partial charge in [0.1, 0.15) is 22.8 Å². The van der Waals surface area contributed by atoms with Crippen LogP contribution in [0.5, 0.6) is 0 Å². The number of hydrogen-bond donors (Lipinski definition) is 2. The van der Waals surface area contributed by atoms with Crippen LogP contribution in [0.25, 0.3) is 33.5 Å². The number of pyridine rings is 1. The molecule has 250 valence electrons. The largest absolute Gasteiger partial charge is 0.353 e. The number of rotatable bonds is 8. The number of carbonyl (C=O) groups excluding carboxylic acids is 3. The number of aromatic amines is 1. The van der Waals surface area contributed by atoms with E-state index in [0.29, 0.717) is 49.8 Å². The number of nitrogens with one attached hydrogen (secondary N) is 2. The van der Waals surface area contributed by atoms with E-state index in [9.17, 15) is 18.8 Å². The van der Waals surface area contributed by atoms with E-state index in [1.165, 1.54) is 19.1 Å². The van der Waals surface area contributed by atoms with E-state index in [-0.39, 0.29) is 36.6 Å². The highest BCUT2D eigenvalue weighted by molar-refractivity contribution is 6.12. The fourth-order valence-electron chi connectivity index (χ4n) is 6.80. The van der Waals surface area contributed by atoms with Gasteiger partial charge in [-0.1, -0.05) is 0 Å². The number of aromatic nitrogens is 5. The fourth-order valence-corrected chi connectivity index (χ4v) is 6.80. The van der Waals surface area contributed by atoms with Gasteiger partial charge in [0.15, 0.2) is 5.82 Å². The molecule has 2 amide bonds. The van der Waals surface area contributed by atoms with Crippen molar-refractivity contribution < 1.29 is 18.8 Å². The zero-order valence-corrected chi connectivity index (χ0v) is 27.3. The topological polar surface area (TPSA) is 140 Å². The summed E-state index contributed by atoms with van der Waals surface area (Å²) in [5.41, 5.74) is 2.18. The molecule has 0 spiro atoms. The van der Waals surface area contributed by atoms with Crippen molar-refractivity contribution in [3.05, 3.63) is 85.1 Å². The van der Waals surface area contributed by atoms with E-state index in [4.69, 9.17) is 0 Å². The number of piperazine rings is 1. The number of nitrogens with zero attached hydrogens (tertiary/aromatic N) is 7. The molecule has 5 aromatic rings. The minimum absolute atomic E-state index is 0.0322. The smallest absolute Gasteiger partial charge is 0.239 e. The summed E-state index contributed by atoms with van der Waals surface area (Å²) in [5.74, 6) is 0.428. The molecule has 0 saturated carbocycles. The number of ketones is 1. The lowest BCUT2D eigenvalue weighted by Crippen LogP contribution is -2.56. The third-order valence-electron chi connectivity index (χ3n) is 9.60. The molecule has 49 heavy (non-hydrogen) atoms. The van der Waals surface area contributed by atoms with Crippen molar-refractivity contribution in [3.8, 4) is 22.6 Å². The van der Waals surface area contributed by atoms with E-state index in [1.807, 2.05) is 28.9 Å². The molecule has 2 saturated heterocycles. The third kappa shape index (κ3) is 6.36. The predicted octanol–water partition coefficient (Wildman–Crippen LogP) is 4.18. The van der Waals surface area contributed by atoms with E-state index >= 15 is 0 Å². The standard InChI is InChI=1S/C36H36FN9O3/c1-23-20-45(31-11-6-26(19-40-31)34-38-13-3-14-39-34)16-17-46(23)32(48)21-44-15-12-36(22-44,24(2)47)35(49)41-28-9-10-30-29(18-28)33(43-42-30)25-4-7-27(37)8-5-25/h3-11,13-14,18-19,23H,12,15-17,20-22H2,1-2H3,(H,41,49)(H,42,43)/t23-,36?/m1/s1. The number of benzene rings is 2. The lowest BCUT2D eigenvalue weighted by Gasteiger charge is -2.41. The minimum atomic E-state index is -1.28. The molecule has 3 aromatic heterocycles. The molecule has 0 bridgehead atoms. The molecule has 2 aliphatic rings. The maximum Gasteiger partial charge on any atom is 0.239 e. The van der Waals surface area contributed by atoms with Gasteiger partial charge in [-0.25, -0.2) is 19.3 Å². The van der Waals surface area contributed by atoms with Crippen LogP contribution in [0, 0.1) is 11.2 Å². The highest BCUT2D eigenvalue weighted by atomic mass is 19.1. The minimum Gasteiger partial charge on any atom is -0.353 e. The van der Waals surface area contributed by atoms with Crippen LogP contribution in [0.15, 0.2) is 79.3 Å². The van der Waals surface area contributed by atoms with Crippen molar-refractivity contribution in [1.82, 2.24) is 34.9 Å². The first kappa shape index (κ1) is 32.0. The Morgan fingerprint density at radius 3 is 2.47 bits per heavy atom. The summed E-state index contributed by atoms with van der Waals surface area (Å²) < 4.78 is 13.5. The third-order valence-corrected chi connectivity index (χ3v) is 9.60. The number of fused-ring (bicyclic) bond motifs is 1. The van der Waals surface area contributed by atoms with Crippen LogP contribution < -0.4 is 10.2 Å². The summed E-state index contributed by atoms with van der Waals surface area (Å²) >= 11 is 0. The molecule has 0 aliphatic carbocycles. The van der Waals surface area contributed by atoms with Gasteiger partial charge in [0.2, 0.25) is 11.8 Å². The Hall–Kier alpha value is -5.56. The lowest BCUT2D eigenvalue weighted by atomic mass is 9.82. The van der Waals surface area contributed by atoms with Gasteiger partial charge in [-0.05, 0) is 80.9 Å². The predicted molar refractivity (Wildman–Crippen MR) is 183 cm³/mol. The number of anilines is 2. The zero-order chi connectivity index (χ0) is 34.1. The van der Waals surface area contributed by atoms with E-state index in [0.717, 1.165) is 27.8 Å². The second kappa shape index (κ2) is 13.2. The second-order valence-electron chi connectivity index (χ2n) is 12.8. The molecule has 0 radical (unpaired) electrons. The van der Waals surface area contributed by atoms with E-state index in [1.54, 1.807) is 55.0 Å². The van der Waals surface area contributed by atoms with Crippen molar-refractivity contribution in [2.24, 2.45) is 5.41 Å². The van der Waals surface area contributed by atoms with Crippen LogP contribution in [0.1, 0.15) is 20.3 Å². The Balaban J connectivity index is 0.977. The number of hydrogen-bond acceptors (Lipinski definition) is 9. The molecule has 1 unspecified atom stereocenters. The first-order valence-corrected chi connectivity index (χ1v) is 16.3. The molecule has 2 atom stereocenters. The summed E-state index contributed by atoms with van der Waals surface area (Å²) in [6.45, 7) is 5.98. The van der Waals surface area contributed by atoms with Crippen LogP contribution >= 0.6 is 0 Å². The Morgan fingerprint density at radius 2 is 1.76 bits per heavy atom. The summed E-state index contributed by atoms with van der Waals surface area (Å²) in [6.07, 6.45) is 5.47. The van der Waals surface area contributed by atoms with Gasteiger partial charge < -0.3 is 15.1 Å². The number of carbonyl (C=O) groups is 3. The summed E-state index contributed by atoms with van der Waals surface area (Å²) in [7, 11) is 0. The van der Waals surface area contributed by atoms with Gasteiger partial charge in [0, 0.05) is 79.6 Å². The number of H-pyrrole nitrogens is 1. The van der Waals surface area contributed by atoms with Crippen molar-refractivity contribution in [1.29, 1.82) is 0 Å². The molecule has 5 heterocycles. The van der Waals surface area contributed by atoms with Crippen LogP contribution in [0.4, 0.5) is 15.9 Å². The molecular weight excluding hydrogens is 625 g/mol. The van der Waals surface area contributed by atoms with Gasteiger partial charge in [-0.3, -0.25) is 24.4 Å². The van der Waals surface area contributed by atoms with Crippen LogP contribution in [0.3, 0.4) is 0 Å². The lowest BCUT2D eigenvalue weighted by molar-refractivity contribution is -0.139. The molecule has 2 aromatic carbocycles. The van der Waals surface area contributed by atoms with Crippen molar-refractivity contribution in [3.63, 3.8) is 0 Å². The fraction of sp³-hybridized carbons (Fsp3) is 0.306. The molecule has 2 aliphatic heterocycles. The zero-order valence-electron chi connectivity index (χ0n) is 27.3. The van der Waals surface area contributed by atoms with Crippen LogP contribution in [-0.4, -0.2) is 97.9 Å². The molecule has 2 fully saturated rings. The normalized spacial score (nSPS) is 19.7. The molecular formula is C36H36FN9O3. The summed E-state index contributed by atoms with van der Waals surface area (Å²) in [5, 5.41) is 11.1. The monoisotopic (exact) mass is 661 g/mol. The van der Waals surface area contributed by atoms with E-state index in [2.05, 4.69) is 35.4 Å². The van der Waals surface area contributed by atoms with E-state index < -0.39 is 11.3 Å². The number of halogens is 1. The maximum absolute atomic E-state index is 13.8. The number of Topliss-reactive ketones (excluding diaryl/α,β-unsaturated/α-hetero) is 1. The van der Waals surface area contributed by atoms with Gasteiger partial charge in [0.25, 0.3) is 0 Å². The van der Waals surface area contributed by atoms with Gasteiger partial charge in [0.05, 0.1) is 17.8 Å². The first-order chi connectivity index (χ1) is 23.7.